The summed E-state index contributed by atoms with van der Waals surface area (Å²) in [5.41, 5.74) is 8.10. The van der Waals surface area contributed by atoms with Gasteiger partial charge in [0.15, 0.2) is 0 Å². The Morgan fingerprint density at radius 2 is 2.47 bits per heavy atom. The van der Waals surface area contributed by atoms with Gasteiger partial charge in [-0.2, -0.15) is 0 Å². The van der Waals surface area contributed by atoms with Crippen molar-refractivity contribution in [3.63, 3.8) is 0 Å². The molecule has 0 fully saturated rings. The molecule has 0 saturated heterocycles. The zero-order valence-electron chi connectivity index (χ0n) is 10.2. The maximum atomic E-state index is 5.56. The van der Waals surface area contributed by atoms with Crippen molar-refractivity contribution in [2.75, 3.05) is 26.8 Å². The third kappa shape index (κ3) is 3.61. The quantitative estimate of drug-likeness (QED) is 0.806. The second-order valence-electron chi connectivity index (χ2n) is 4.22. The van der Waals surface area contributed by atoms with Gasteiger partial charge < -0.3 is 10.5 Å². The molecule has 2 rings (SSSR count). The minimum absolute atomic E-state index is 0.544. The first kappa shape index (κ1) is 12.7. The number of hydrogen-bond donors (Lipinski definition) is 1. The number of hydrogen-bond acceptors (Lipinski definition) is 5. The SMILES string of the molecule is COCC1=CCN(Cc2csc(CN)n2)CC1. The summed E-state index contributed by atoms with van der Waals surface area (Å²) >= 11 is 1.65. The Kier molecular flexibility index (Phi) is 4.67. The van der Waals surface area contributed by atoms with E-state index in [0.717, 1.165) is 43.4 Å². The molecule has 1 aromatic rings. The van der Waals surface area contributed by atoms with Crippen LogP contribution in [-0.2, 0) is 17.8 Å². The molecule has 0 spiro atoms. The van der Waals surface area contributed by atoms with Crippen molar-refractivity contribution in [3.05, 3.63) is 27.7 Å². The standard InChI is InChI=1S/C12H19N3OS/c1-16-8-10-2-4-15(5-3-10)7-11-9-17-12(6-13)14-11/h2,9H,3-8,13H2,1H3. The van der Waals surface area contributed by atoms with Gasteiger partial charge in [0.2, 0.25) is 0 Å². The molecule has 0 saturated carbocycles. The van der Waals surface area contributed by atoms with Gasteiger partial charge in [-0.25, -0.2) is 4.98 Å². The van der Waals surface area contributed by atoms with Crippen LogP contribution in [0.4, 0.5) is 0 Å². The third-order valence-electron chi connectivity index (χ3n) is 2.88. The van der Waals surface area contributed by atoms with Crippen LogP contribution < -0.4 is 5.73 Å². The fourth-order valence-electron chi connectivity index (χ4n) is 1.96. The lowest BCUT2D eigenvalue weighted by Gasteiger charge is -2.25. The molecular formula is C12H19N3OS. The van der Waals surface area contributed by atoms with E-state index in [1.807, 2.05) is 0 Å². The zero-order valence-corrected chi connectivity index (χ0v) is 11.0. The van der Waals surface area contributed by atoms with Crippen molar-refractivity contribution in [1.82, 2.24) is 9.88 Å². The molecule has 2 heterocycles. The molecule has 0 bridgehead atoms. The Hall–Kier alpha value is -0.750. The van der Waals surface area contributed by atoms with Crippen LogP contribution in [0, 0.1) is 0 Å². The van der Waals surface area contributed by atoms with Gasteiger partial charge in [-0.1, -0.05) is 6.08 Å². The van der Waals surface area contributed by atoms with Crippen molar-refractivity contribution in [2.45, 2.75) is 19.5 Å². The third-order valence-corrected chi connectivity index (χ3v) is 3.80. The maximum Gasteiger partial charge on any atom is 0.106 e. The summed E-state index contributed by atoms with van der Waals surface area (Å²) in [6.07, 6.45) is 3.37. The summed E-state index contributed by atoms with van der Waals surface area (Å²) in [4.78, 5) is 6.88. The van der Waals surface area contributed by atoms with Crippen LogP contribution in [0.2, 0.25) is 0 Å². The number of nitrogens with zero attached hydrogens (tertiary/aromatic N) is 2. The first-order chi connectivity index (χ1) is 8.31. The van der Waals surface area contributed by atoms with Gasteiger partial charge in [0.05, 0.1) is 12.3 Å². The highest BCUT2D eigenvalue weighted by molar-refractivity contribution is 7.09. The zero-order chi connectivity index (χ0) is 12.1. The van der Waals surface area contributed by atoms with Gasteiger partial charge in [-0.15, -0.1) is 11.3 Å². The molecule has 2 N–H and O–H groups in total. The predicted octanol–water partition coefficient (Wildman–Crippen LogP) is 1.38. The lowest BCUT2D eigenvalue weighted by molar-refractivity contribution is 0.210. The van der Waals surface area contributed by atoms with Crippen molar-refractivity contribution >= 4 is 11.3 Å². The maximum absolute atomic E-state index is 5.56. The van der Waals surface area contributed by atoms with E-state index < -0.39 is 0 Å². The second kappa shape index (κ2) is 6.26. The Morgan fingerprint density at radius 1 is 1.59 bits per heavy atom. The van der Waals surface area contributed by atoms with Gasteiger partial charge in [0, 0.05) is 38.7 Å². The molecule has 0 unspecified atom stereocenters. The van der Waals surface area contributed by atoms with Crippen LogP contribution in [0.3, 0.4) is 0 Å². The molecule has 1 aliphatic heterocycles. The molecule has 0 amide bonds. The molecule has 17 heavy (non-hydrogen) atoms. The Labute approximate surface area is 106 Å². The van der Waals surface area contributed by atoms with E-state index in [9.17, 15) is 0 Å². The van der Waals surface area contributed by atoms with Gasteiger partial charge in [-0.3, -0.25) is 4.90 Å². The minimum atomic E-state index is 0.544. The number of nitrogens with two attached hydrogens (primary N) is 1. The fraction of sp³-hybridized carbons (Fsp3) is 0.583. The highest BCUT2D eigenvalue weighted by Gasteiger charge is 2.13. The predicted molar refractivity (Wildman–Crippen MR) is 69.9 cm³/mol. The summed E-state index contributed by atoms with van der Waals surface area (Å²) < 4.78 is 5.14. The second-order valence-corrected chi connectivity index (χ2v) is 5.16. The van der Waals surface area contributed by atoms with Crippen LogP contribution in [0.1, 0.15) is 17.1 Å². The highest BCUT2D eigenvalue weighted by Crippen LogP contribution is 2.15. The number of aromatic nitrogens is 1. The van der Waals surface area contributed by atoms with Gasteiger partial charge >= 0.3 is 0 Å². The van der Waals surface area contributed by atoms with Gasteiger partial charge in [0.1, 0.15) is 5.01 Å². The van der Waals surface area contributed by atoms with Crippen molar-refractivity contribution < 1.29 is 4.74 Å². The number of rotatable bonds is 5. The lowest BCUT2D eigenvalue weighted by Crippen LogP contribution is -2.29. The van der Waals surface area contributed by atoms with E-state index >= 15 is 0 Å². The molecule has 5 heteroatoms. The Bertz CT molecular complexity index is 389. The van der Waals surface area contributed by atoms with Gasteiger partial charge in [-0.05, 0) is 12.0 Å². The lowest BCUT2D eigenvalue weighted by atomic mass is 10.1. The largest absolute Gasteiger partial charge is 0.380 e. The first-order valence-electron chi connectivity index (χ1n) is 5.84. The average Bonchev–Trinajstić information content (AvgIpc) is 2.80. The van der Waals surface area contributed by atoms with E-state index in [4.69, 9.17) is 10.5 Å². The number of methoxy groups -OCH3 is 1. The van der Waals surface area contributed by atoms with Crippen molar-refractivity contribution in [2.24, 2.45) is 5.73 Å². The van der Waals surface area contributed by atoms with Gasteiger partial charge in [0.25, 0.3) is 0 Å². The topological polar surface area (TPSA) is 51.4 Å². The summed E-state index contributed by atoms with van der Waals surface area (Å²) in [6, 6.07) is 0. The van der Waals surface area contributed by atoms with Crippen LogP contribution >= 0.6 is 11.3 Å². The molecule has 1 aromatic heterocycles. The Balaban J connectivity index is 1.85. The molecule has 94 valence electrons. The van der Waals surface area contributed by atoms with Crippen LogP contribution in [-0.4, -0.2) is 36.7 Å². The Morgan fingerprint density at radius 3 is 3.06 bits per heavy atom. The molecule has 4 nitrogen and oxygen atoms in total. The fourth-order valence-corrected chi connectivity index (χ4v) is 2.62. The molecule has 0 radical (unpaired) electrons. The molecule has 0 aliphatic carbocycles. The summed E-state index contributed by atoms with van der Waals surface area (Å²) in [7, 11) is 1.75. The van der Waals surface area contributed by atoms with E-state index in [2.05, 4.69) is 21.3 Å². The monoisotopic (exact) mass is 253 g/mol. The molecule has 0 atom stereocenters. The minimum Gasteiger partial charge on any atom is -0.380 e. The normalized spacial score (nSPS) is 17.2. The summed E-state index contributed by atoms with van der Waals surface area (Å²) in [6.45, 7) is 4.32. The van der Waals surface area contributed by atoms with Crippen LogP contribution in [0.15, 0.2) is 17.0 Å². The molecule has 1 aliphatic rings. The highest BCUT2D eigenvalue weighted by atomic mass is 32.1. The van der Waals surface area contributed by atoms with Crippen molar-refractivity contribution in [1.29, 1.82) is 0 Å². The smallest absolute Gasteiger partial charge is 0.106 e. The first-order valence-corrected chi connectivity index (χ1v) is 6.72. The van der Waals surface area contributed by atoms with E-state index in [1.54, 1.807) is 18.4 Å². The molecular weight excluding hydrogens is 234 g/mol. The van der Waals surface area contributed by atoms with E-state index in [0.29, 0.717) is 6.54 Å². The van der Waals surface area contributed by atoms with E-state index in [-0.39, 0.29) is 0 Å². The van der Waals surface area contributed by atoms with E-state index in [1.165, 1.54) is 5.57 Å². The van der Waals surface area contributed by atoms with Crippen LogP contribution in [0.25, 0.3) is 0 Å². The molecule has 0 aromatic carbocycles. The summed E-state index contributed by atoms with van der Waals surface area (Å²) in [5.74, 6) is 0. The van der Waals surface area contributed by atoms with Crippen LogP contribution in [0.5, 0.6) is 0 Å². The van der Waals surface area contributed by atoms with Crippen molar-refractivity contribution in [3.8, 4) is 0 Å². The number of thiazole rings is 1. The number of ether oxygens (including phenoxy) is 1. The summed E-state index contributed by atoms with van der Waals surface area (Å²) in [5, 5.41) is 3.13. The average molecular weight is 253 g/mol.